The number of nitrogens with zero attached hydrogens (tertiary/aromatic N) is 1. The molecule has 1 aromatic heterocycles. The Morgan fingerprint density at radius 2 is 2.06 bits per heavy atom. The fourth-order valence-corrected chi connectivity index (χ4v) is 1.70. The number of fused-ring (bicyclic) bond motifs is 1. The summed E-state index contributed by atoms with van der Waals surface area (Å²) in [6.07, 6.45) is 1.61. The standard InChI is InChI=1S/C12H12N2O3/c1-16-10-6-8-7(5-9(10)11(13)15)3-4-14-12(8)17-2/h3-6H,1-2H3,(H2,13,15). The van der Waals surface area contributed by atoms with E-state index in [9.17, 15) is 4.79 Å². The fourth-order valence-electron chi connectivity index (χ4n) is 1.70. The smallest absolute Gasteiger partial charge is 0.252 e. The van der Waals surface area contributed by atoms with E-state index in [1.54, 1.807) is 24.4 Å². The SMILES string of the molecule is COc1cc2c(OC)nccc2cc1C(N)=O. The molecule has 0 unspecified atom stereocenters. The molecule has 0 atom stereocenters. The summed E-state index contributed by atoms with van der Waals surface area (Å²) >= 11 is 0. The number of hydrogen-bond acceptors (Lipinski definition) is 4. The van der Waals surface area contributed by atoms with Gasteiger partial charge in [-0.15, -0.1) is 0 Å². The van der Waals surface area contributed by atoms with Crippen molar-refractivity contribution in [2.75, 3.05) is 14.2 Å². The maximum absolute atomic E-state index is 11.3. The molecular formula is C12H12N2O3. The molecule has 0 saturated heterocycles. The van der Waals surface area contributed by atoms with Crippen LogP contribution in [0.15, 0.2) is 24.4 Å². The number of pyridine rings is 1. The van der Waals surface area contributed by atoms with Crippen LogP contribution < -0.4 is 15.2 Å². The molecule has 5 nitrogen and oxygen atoms in total. The van der Waals surface area contributed by atoms with Gasteiger partial charge in [0, 0.05) is 11.6 Å². The fraction of sp³-hybridized carbons (Fsp3) is 0.167. The average molecular weight is 232 g/mol. The Kier molecular flexibility index (Phi) is 2.82. The summed E-state index contributed by atoms with van der Waals surface area (Å²) in [4.78, 5) is 15.4. The van der Waals surface area contributed by atoms with Crippen molar-refractivity contribution in [2.24, 2.45) is 5.73 Å². The number of carbonyl (C=O) groups is 1. The maximum Gasteiger partial charge on any atom is 0.252 e. The van der Waals surface area contributed by atoms with Crippen LogP contribution in [0.3, 0.4) is 0 Å². The third-order valence-corrected chi connectivity index (χ3v) is 2.51. The summed E-state index contributed by atoms with van der Waals surface area (Å²) in [5.41, 5.74) is 5.63. The first-order chi connectivity index (χ1) is 8.17. The third kappa shape index (κ3) is 1.87. The van der Waals surface area contributed by atoms with Gasteiger partial charge in [-0.25, -0.2) is 4.98 Å². The number of hydrogen-bond donors (Lipinski definition) is 1. The number of aromatic nitrogens is 1. The van der Waals surface area contributed by atoms with Crippen molar-refractivity contribution < 1.29 is 14.3 Å². The Labute approximate surface area is 98.2 Å². The molecule has 5 heteroatoms. The van der Waals surface area contributed by atoms with Crippen molar-refractivity contribution in [2.45, 2.75) is 0 Å². The average Bonchev–Trinajstić information content (AvgIpc) is 2.36. The molecule has 0 spiro atoms. The van der Waals surface area contributed by atoms with Gasteiger partial charge in [-0.1, -0.05) is 0 Å². The largest absolute Gasteiger partial charge is 0.496 e. The molecule has 1 amide bonds. The van der Waals surface area contributed by atoms with Crippen LogP contribution in [0, 0.1) is 0 Å². The number of benzene rings is 1. The van der Waals surface area contributed by atoms with Crippen molar-refractivity contribution in [1.29, 1.82) is 0 Å². The van der Waals surface area contributed by atoms with Crippen LogP contribution in [-0.4, -0.2) is 25.1 Å². The van der Waals surface area contributed by atoms with Gasteiger partial charge >= 0.3 is 0 Å². The van der Waals surface area contributed by atoms with E-state index in [-0.39, 0.29) is 0 Å². The summed E-state index contributed by atoms with van der Waals surface area (Å²) in [5.74, 6) is 0.368. The molecule has 2 N–H and O–H groups in total. The number of ether oxygens (including phenoxy) is 2. The van der Waals surface area contributed by atoms with E-state index >= 15 is 0 Å². The predicted molar refractivity (Wildman–Crippen MR) is 63.4 cm³/mol. The first-order valence-corrected chi connectivity index (χ1v) is 4.98. The second kappa shape index (κ2) is 4.29. The molecule has 0 fully saturated rings. The third-order valence-electron chi connectivity index (χ3n) is 2.51. The minimum absolute atomic E-state index is 0.341. The zero-order valence-electron chi connectivity index (χ0n) is 9.56. The van der Waals surface area contributed by atoms with E-state index in [2.05, 4.69) is 4.98 Å². The zero-order valence-corrected chi connectivity index (χ0v) is 9.56. The van der Waals surface area contributed by atoms with Gasteiger partial charge in [0.25, 0.3) is 5.91 Å². The van der Waals surface area contributed by atoms with Crippen LogP contribution in [0.1, 0.15) is 10.4 Å². The highest BCUT2D eigenvalue weighted by Gasteiger charge is 2.12. The van der Waals surface area contributed by atoms with Crippen LogP contribution in [0.2, 0.25) is 0 Å². The highest BCUT2D eigenvalue weighted by atomic mass is 16.5. The maximum atomic E-state index is 11.3. The van der Waals surface area contributed by atoms with E-state index in [4.69, 9.17) is 15.2 Å². The molecule has 0 radical (unpaired) electrons. The molecule has 0 aliphatic rings. The highest BCUT2D eigenvalue weighted by molar-refractivity contribution is 6.01. The number of primary amides is 1. The first kappa shape index (κ1) is 11.2. The molecule has 0 bridgehead atoms. The Bertz CT molecular complexity index is 581. The molecular weight excluding hydrogens is 220 g/mol. The van der Waals surface area contributed by atoms with Gasteiger partial charge in [0.2, 0.25) is 5.88 Å². The number of rotatable bonds is 3. The van der Waals surface area contributed by atoms with Crippen molar-refractivity contribution in [3.63, 3.8) is 0 Å². The van der Waals surface area contributed by atoms with Crippen LogP contribution in [-0.2, 0) is 0 Å². The quantitative estimate of drug-likeness (QED) is 0.866. The number of carbonyl (C=O) groups excluding carboxylic acids is 1. The predicted octanol–water partition coefficient (Wildman–Crippen LogP) is 1.35. The Morgan fingerprint density at radius 1 is 1.29 bits per heavy atom. The molecule has 2 aromatic rings. The van der Waals surface area contributed by atoms with Gasteiger partial charge in [0.15, 0.2) is 0 Å². The van der Waals surface area contributed by atoms with Gasteiger partial charge < -0.3 is 15.2 Å². The van der Waals surface area contributed by atoms with Gasteiger partial charge in [0.1, 0.15) is 5.75 Å². The van der Waals surface area contributed by atoms with E-state index in [1.807, 2.05) is 0 Å². The van der Waals surface area contributed by atoms with Crippen molar-refractivity contribution in [1.82, 2.24) is 4.98 Å². The minimum Gasteiger partial charge on any atom is -0.496 e. The normalized spacial score (nSPS) is 10.2. The summed E-state index contributed by atoms with van der Waals surface area (Å²) in [6.45, 7) is 0. The van der Waals surface area contributed by atoms with E-state index in [0.29, 0.717) is 17.2 Å². The monoisotopic (exact) mass is 232 g/mol. The molecule has 0 aliphatic heterocycles. The van der Waals surface area contributed by atoms with Crippen LogP contribution in [0.25, 0.3) is 10.8 Å². The van der Waals surface area contributed by atoms with Crippen molar-refractivity contribution in [3.05, 3.63) is 30.0 Å². The van der Waals surface area contributed by atoms with E-state index < -0.39 is 5.91 Å². The summed E-state index contributed by atoms with van der Waals surface area (Å²) < 4.78 is 10.3. The summed E-state index contributed by atoms with van der Waals surface area (Å²) in [7, 11) is 3.02. The van der Waals surface area contributed by atoms with Crippen LogP contribution in [0.4, 0.5) is 0 Å². The van der Waals surface area contributed by atoms with Gasteiger partial charge in [-0.2, -0.15) is 0 Å². The van der Waals surface area contributed by atoms with Gasteiger partial charge in [-0.05, 0) is 23.6 Å². The van der Waals surface area contributed by atoms with Crippen LogP contribution in [0.5, 0.6) is 11.6 Å². The Morgan fingerprint density at radius 3 is 2.65 bits per heavy atom. The highest BCUT2D eigenvalue weighted by Crippen LogP contribution is 2.30. The lowest BCUT2D eigenvalue weighted by molar-refractivity contribution is 0.0997. The lowest BCUT2D eigenvalue weighted by Crippen LogP contribution is -2.12. The molecule has 2 rings (SSSR count). The first-order valence-electron chi connectivity index (χ1n) is 4.98. The molecule has 88 valence electrons. The minimum atomic E-state index is -0.528. The summed E-state index contributed by atoms with van der Waals surface area (Å²) in [6, 6.07) is 5.14. The lowest BCUT2D eigenvalue weighted by Gasteiger charge is -2.09. The van der Waals surface area contributed by atoms with Gasteiger partial charge in [0.05, 0.1) is 19.8 Å². The summed E-state index contributed by atoms with van der Waals surface area (Å²) in [5, 5.41) is 1.60. The second-order valence-electron chi connectivity index (χ2n) is 3.46. The van der Waals surface area contributed by atoms with E-state index in [1.165, 1.54) is 14.2 Å². The topological polar surface area (TPSA) is 74.4 Å². The Hall–Kier alpha value is -2.30. The van der Waals surface area contributed by atoms with Crippen LogP contribution >= 0.6 is 0 Å². The molecule has 0 saturated carbocycles. The number of nitrogens with two attached hydrogens (primary N) is 1. The van der Waals surface area contributed by atoms with Gasteiger partial charge in [-0.3, -0.25) is 4.79 Å². The molecule has 1 aromatic carbocycles. The molecule has 17 heavy (non-hydrogen) atoms. The number of methoxy groups -OCH3 is 2. The molecule has 1 heterocycles. The molecule has 0 aliphatic carbocycles. The lowest BCUT2D eigenvalue weighted by atomic mass is 10.1. The van der Waals surface area contributed by atoms with E-state index in [0.717, 1.165) is 10.8 Å². The van der Waals surface area contributed by atoms with Crippen molar-refractivity contribution in [3.8, 4) is 11.6 Å². The zero-order chi connectivity index (χ0) is 12.4. The Balaban J connectivity index is 2.78. The van der Waals surface area contributed by atoms with Crippen molar-refractivity contribution >= 4 is 16.7 Å². The second-order valence-corrected chi connectivity index (χ2v) is 3.46. The number of amides is 1.